The predicted octanol–water partition coefficient (Wildman–Crippen LogP) is 6.46. The van der Waals surface area contributed by atoms with Gasteiger partial charge in [-0.1, -0.05) is 18.2 Å². The van der Waals surface area contributed by atoms with Crippen molar-refractivity contribution in [3.8, 4) is 11.5 Å². The fourth-order valence-corrected chi connectivity index (χ4v) is 5.67. The van der Waals surface area contributed by atoms with Gasteiger partial charge < -0.3 is 19.7 Å². The molecule has 6 heteroatoms. The largest absolute Gasteiger partial charge is 0.456 e. The summed E-state index contributed by atoms with van der Waals surface area (Å²) in [4.78, 5) is 19.6. The van der Waals surface area contributed by atoms with Crippen LogP contribution in [0.3, 0.4) is 0 Å². The molecule has 0 fully saturated rings. The molecule has 6 nitrogen and oxygen atoms in total. The van der Waals surface area contributed by atoms with Crippen LogP contribution in [0.25, 0.3) is 0 Å². The number of anilines is 2. The van der Waals surface area contributed by atoms with E-state index in [0.29, 0.717) is 17.1 Å². The summed E-state index contributed by atoms with van der Waals surface area (Å²) in [6.07, 6.45) is 4.50. The summed E-state index contributed by atoms with van der Waals surface area (Å²) >= 11 is 0. The van der Waals surface area contributed by atoms with Gasteiger partial charge in [-0.15, -0.1) is 0 Å². The SMILES string of the molecule is CCN(CC)c1ccc2c(c1)Oc1cc(C)c(NCCc3ccncc3)cc1C21OC(=O)c2ccccc21. The minimum atomic E-state index is -1.08. The normalized spacial score (nSPS) is 16.8. The number of pyridine rings is 1. The lowest BCUT2D eigenvalue weighted by atomic mass is 9.77. The van der Waals surface area contributed by atoms with Gasteiger partial charge in [-0.2, -0.15) is 0 Å². The molecule has 38 heavy (non-hydrogen) atoms. The number of aromatic nitrogens is 1. The molecule has 0 radical (unpaired) electrons. The van der Waals surface area contributed by atoms with Crippen molar-refractivity contribution >= 4 is 17.3 Å². The Morgan fingerprint density at radius 2 is 1.66 bits per heavy atom. The molecule has 0 saturated carbocycles. The number of hydrogen-bond acceptors (Lipinski definition) is 6. The van der Waals surface area contributed by atoms with Crippen molar-refractivity contribution in [2.75, 3.05) is 29.9 Å². The Kier molecular flexibility index (Phi) is 6.03. The second-order valence-corrected chi connectivity index (χ2v) is 9.77. The predicted molar refractivity (Wildman–Crippen MR) is 149 cm³/mol. The maximum absolute atomic E-state index is 13.2. The van der Waals surface area contributed by atoms with Gasteiger partial charge in [-0.3, -0.25) is 4.98 Å². The van der Waals surface area contributed by atoms with E-state index in [2.05, 4.69) is 60.2 Å². The van der Waals surface area contributed by atoms with Gasteiger partial charge in [-0.25, -0.2) is 4.79 Å². The number of aryl methyl sites for hydroxylation is 1. The first-order valence-electron chi connectivity index (χ1n) is 13.2. The van der Waals surface area contributed by atoms with Crippen molar-refractivity contribution in [2.45, 2.75) is 32.8 Å². The Balaban J connectivity index is 1.47. The van der Waals surface area contributed by atoms with Gasteiger partial charge in [0.05, 0.1) is 5.56 Å². The maximum Gasteiger partial charge on any atom is 0.340 e. The third-order valence-electron chi connectivity index (χ3n) is 7.65. The van der Waals surface area contributed by atoms with Gasteiger partial charge in [0.1, 0.15) is 11.5 Å². The molecular weight excluding hydrogens is 474 g/mol. The van der Waals surface area contributed by atoms with Crippen molar-refractivity contribution in [2.24, 2.45) is 0 Å². The number of rotatable bonds is 7. The zero-order chi connectivity index (χ0) is 26.3. The summed E-state index contributed by atoms with van der Waals surface area (Å²) in [6, 6.07) is 22.1. The molecule has 0 amide bonds. The first-order chi connectivity index (χ1) is 18.5. The lowest BCUT2D eigenvalue weighted by Crippen LogP contribution is -2.33. The van der Waals surface area contributed by atoms with E-state index < -0.39 is 5.60 Å². The third-order valence-corrected chi connectivity index (χ3v) is 7.65. The Labute approximate surface area is 223 Å². The van der Waals surface area contributed by atoms with E-state index in [4.69, 9.17) is 9.47 Å². The average molecular weight is 506 g/mol. The van der Waals surface area contributed by atoms with Crippen molar-refractivity contribution in [1.29, 1.82) is 0 Å². The number of ether oxygens (including phenoxy) is 2. The van der Waals surface area contributed by atoms with Crippen molar-refractivity contribution < 1.29 is 14.3 Å². The Morgan fingerprint density at radius 3 is 2.45 bits per heavy atom. The summed E-state index contributed by atoms with van der Waals surface area (Å²) in [5.74, 6) is 1.10. The van der Waals surface area contributed by atoms with E-state index >= 15 is 0 Å². The summed E-state index contributed by atoms with van der Waals surface area (Å²) in [6.45, 7) is 8.90. The highest BCUT2D eigenvalue weighted by Gasteiger charge is 2.53. The summed E-state index contributed by atoms with van der Waals surface area (Å²) in [5.41, 5.74) is 6.38. The van der Waals surface area contributed by atoms with E-state index in [1.54, 1.807) is 0 Å². The Hall–Kier alpha value is -4.32. The molecule has 1 unspecified atom stereocenters. The first kappa shape index (κ1) is 24.0. The molecule has 1 atom stereocenters. The van der Waals surface area contributed by atoms with Gasteiger partial charge in [0.15, 0.2) is 5.60 Å². The van der Waals surface area contributed by atoms with Crippen LogP contribution in [0.2, 0.25) is 0 Å². The summed E-state index contributed by atoms with van der Waals surface area (Å²) < 4.78 is 12.9. The molecule has 1 spiro atoms. The van der Waals surface area contributed by atoms with Crippen molar-refractivity contribution in [3.05, 3.63) is 113 Å². The van der Waals surface area contributed by atoms with E-state index in [-0.39, 0.29) is 5.97 Å². The molecule has 6 rings (SSSR count). The highest BCUT2D eigenvalue weighted by molar-refractivity contribution is 5.97. The second-order valence-electron chi connectivity index (χ2n) is 9.77. The minimum absolute atomic E-state index is 0.319. The summed E-state index contributed by atoms with van der Waals surface area (Å²) in [7, 11) is 0. The Bertz CT molecular complexity index is 1510. The lowest BCUT2D eigenvalue weighted by molar-refractivity contribution is 0.0224. The van der Waals surface area contributed by atoms with Gasteiger partial charge >= 0.3 is 5.97 Å². The van der Waals surface area contributed by atoms with E-state index in [1.165, 1.54) is 5.56 Å². The van der Waals surface area contributed by atoms with Gasteiger partial charge in [-0.05, 0) is 80.8 Å². The number of carbonyl (C=O) groups excluding carboxylic acids is 1. The van der Waals surface area contributed by atoms with Crippen LogP contribution in [0, 0.1) is 6.92 Å². The number of nitrogens with zero attached hydrogens (tertiary/aromatic N) is 2. The molecule has 1 N–H and O–H groups in total. The summed E-state index contributed by atoms with van der Waals surface area (Å²) in [5, 5.41) is 3.59. The van der Waals surface area contributed by atoms with Gasteiger partial charge in [0, 0.05) is 66.2 Å². The molecule has 2 aliphatic rings. The lowest BCUT2D eigenvalue weighted by Gasteiger charge is -2.37. The van der Waals surface area contributed by atoms with Crippen molar-refractivity contribution in [1.82, 2.24) is 4.98 Å². The van der Waals surface area contributed by atoms with E-state index in [9.17, 15) is 4.79 Å². The molecule has 3 aromatic carbocycles. The highest BCUT2D eigenvalue weighted by Crippen LogP contribution is 2.57. The molecule has 2 aliphatic heterocycles. The van der Waals surface area contributed by atoms with Crippen LogP contribution in [0.4, 0.5) is 11.4 Å². The standard InChI is InChI=1S/C32H31N3O3/c1-4-35(5-2)23-10-11-26-30(19-23)37-29-18-21(3)28(34-17-14-22-12-15-33-16-13-22)20-27(29)32(26)25-9-7-6-8-24(25)31(36)38-32/h6-13,15-16,18-20,34H,4-5,14,17H2,1-3H3. The van der Waals surface area contributed by atoms with Crippen LogP contribution in [0.15, 0.2) is 79.1 Å². The molecule has 4 aromatic rings. The number of hydrogen-bond donors (Lipinski definition) is 1. The van der Waals surface area contributed by atoms with Crippen LogP contribution >= 0.6 is 0 Å². The van der Waals surface area contributed by atoms with E-state index in [1.807, 2.05) is 54.9 Å². The quantitative estimate of drug-likeness (QED) is 0.291. The van der Waals surface area contributed by atoms with Crippen LogP contribution in [-0.4, -0.2) is 30.6 Å². The topological polar surface area (TPSA) is 63.7 Å². The molecule has 0 saturated heterocycles. The molecule has 0 aliphatic carbocycles. The van der Waals surface area contributed by atoms with E-state index in [0.717, 1.165) is 59.7 Å². The average Bonchev–Trinajstić information content (AvgIpc) is 3.23. The smallest absolute Gasteiger partial charge is 0.340 e. The van der Waals surface area contributed by atoms with Gasteiger partial charge in [0.25, 0.3) is 0 Å². The monoisotopic (exact) mass is 505 g/mol. The van der Waals surface area contributed by atoms with Crippen molar-refractivity contribution in [3.63, 3.8) is 0 Å². The zero-order valence-corrected chi connectivity index (χ0v) is 22.0. The fourth-order valence-electron chi connectivity index (χ4n) is 5.67. The number of esters is 1. The second kappa shape index (κ2) is 9.53. The molecule has 3 heterocycles. The van der Waals surface area contributed by atoms with Crippen LogP contribution < -0.4 is 15.0 Å². The maximum atomic E-state index is 13.2. The number of nitrogens with one attached hydrogen (secondary N) is 1. The molecule has 1 aromatic heterocycles. The number of fused-ring (bicyclic) bond motifs is 6. The molecular formula is C32H31N3O3. The Morgan fingerprint density at radius 1 is 0.895 bits per heavy atom. The van der Waals surface area contributed by atoms with Crippen LogP contribution in [-0.2, 0) is 16.8 Å². The molecule has 0 bridgehead atoms. The van der Waals surface area contributed by atoms with Crippen LogP contribution in [0.5, 0.6) is 11.5 Å². The third kappa shape index (κ3) is 3.79. The zero-order valence-electron chi connectivity index (χ0n) is 22.0. The number of carbonyl (C=O) groups is 1. The van der Waals surface area contributed by atoms with Gasteiger partial charge in [0.2, 0.25) is 0 Å². The number of benzene rings is 3. The first-order valence-corrected chi connectivity index (χ1v) is 13.2. The van der Waals surface area contributed by atoms with Crippen LogP contribution in [0.1, 0.15) is 52.0 Å². The fraction of sp³-hybridized carbons (Fsp3) is 0.250. The highest BCUT2D eigenvalue weighted by atomic mass is 16.6. The minimum Gasteiger partial charge on any atom is -0.456 e. The molecule has 192 valence electrons.